The second-order valence-corrected chi connectivity index (χ2v) is 6.01. The van der Waals surface area contributed by atoms with E-state index in [2.05, 4.69) is 38.2 Å². The molecule has 1 atom stereocenters. The average molecular weight is 259 g/mol. The molecular weight excluding hydrogens is 234 g/mol. The van der Waals surface area contributed by atoms with E-state index >= 15 is 0 Å². The largest absolute Gasteiger partial charge is 0.316 e. The summed E-state index contributed by atoms with van der Waals surface area (Å²) in [4.78, 5) is 12.8. The van der Waals surface area contributed by atoms with Gasteiger partial charge in [0.25, 0.3) is 0 Å². The molecule has 1 unspecified atom stereocenters. The van der Waals surface area contributed by atoms with Crippen molar-refractivity contribution in [2.75, 3.05) is 13.1 Å². The molecule has 1 saturated heterocycles. The zero-order valence-corrected chi connectivity index (χ0v) is 12.3. The van der Waals surface area contributed by atoms with Gasteiger partial charge >= 0.3 is 0 Å². The number of carbonyl (C=O) groups is 1. The second kappa shape index (κ2) is 5.87. The van der Waals surface area contributed by atoms with E-state index < -0.39 is 0 Å². The molecule has 19 heavy (non-hydrogen) atoms. The fraction of sp³-hybridized carbons (Fsp3) is 0.588. The summed E-state index contributed by atoms with van der Waals surface area (Å²) >= 11 is 0. The quantitative estimate of drug-likeness (QED) is 0.821. The van der Waals surface area contributed by atoms with Gasteiger partial charge in [-0.15, -0.1) is 0 Å². The van der Waals surface area contributed by atoms with Crippen molar-refractivity contribution in [3.8, 4) is 0 Å². The van der Waals surface area contributed by atoms with Crippen LogP contribution in [0.15, 0.2) is 24.3 Å². The molecule has 0 saturated carbocycles. The summed E-state index contributed by atoms with van der Waals surface area (Å²) in [6, 6.07) is 8.23. The predicted octanol–water partition coefficient (Wildman–Crippen LogP) is 3.46. The van der Waals surface area contributed by atoms with Crippen LogP contribution in [-0.4, -0.2) is 18.9 Å². The molecule has 0 radical (unpaired) electrons. The van der Waals surface area contributed by atoms with Gasteiger partial charge in [0.05, 0.1) is 0 Å². The molecule has 0 spiro atoms. The van der Waals surface area contributed by atoms with Crippen LogP contribution in [0.3, 0.4) is 0 Å². The fourth-order valence-electron chi connectivity index (χ4n) is 3.06. The van der Waals surface area contributed by atoms with E-state index in [1.807, 2.05) is 12.1 Å². The zero-order chi connectivity index (χ0) is 13.9. The highest BCUT2D eigenvalue weighted by Gasteiger charge is 2.43. The third-order valence-electron chi connectivity index (χ3n) is 4.50. The zero-order valence-electron chi connectivity index (χ0n) is 12.3. The minimum absolute atomic E-state index is 0.202. The molecule has 1 aromatic rings. The molecule has 1 aliphatic rings. The van der Waals surface area contributed by atoms with Crippen LogP contribution in [0.4, 0.5) is 0 Å². The number of ketones is 1. The van der Waals surface area contributed by atoms with Gasteiger partial charge in [0.15, 0.2) is 5.78 Å². The van der Waals surface area contributed by atoms with Gasteiger partial charge in [-0.2, -0.15) is 0 Å². The van der Waals surface area contributed by atoms with Crippen molar-refractivity contribution in [3.63, 3.8) is 0 Å². The molecule has 1 N–H and O–H groups in total. The smallest absolute Gasteiger partial charge is 0.170 e. The van der Waals surface area contributed by atoms with Crippen molar-refractivity contribution in [1.82, 2.24) is 5.32 Å². The van der Waals surface area contributed by atoms with Crippen LogP contribution in [0.5, 0.6) is 0 Å². The molecule has 1 heterocycles. The molecular formula is C17H25NO. The Kier molecular flexibility index (Phi) is 4.41. The molecule has 0 aromatic heterocycles. The molecule has 2 heteroatoms. The van der Waals surface area contributed by atoms with E-state index in [9.17, 15) is 4.79 Å². The Morgan fingerprint density at radius 3 is 2.47 bits per heavy atom. The molecule has 2 rings (SSSR count). The first-order chi connectivity index (χ1) is 9.10. The molecule has 0 aliphatic carbocycles. The van der Waals surface area contributed by atoms with Crippen LogP contribution in [-0.2, 0) is 6.42 Å². The Hall–Kier alpha value is -1.15. The van der Waals surface area contributed by atoms with Crippen LogP contribution in [0.2, 0.25) is 0 Å². The van der Waals surface area contributed by atoms with Crippen molar-refractivity contribution in [2.45, 2.75) is 40.0 Å². The normalized spacial score (nSPS) is 22.9. The number of rotatable bonds is 5. The second-order valence-electron chi connectivity index (χ2n) is 6.01. The van der Waals surface area contributed by atoms with Crippen LogP contribution >= 0.6 is 0 Å². The highest BCUT2D eigenvalue weighted by atomic mass is 16.1. The monoisotopic (exact) mass is 259 g/mol. The molecule has 1 fully saturated rings. The van der Waals surface area contributed by atoms with Gasteiger partial charge in [-0.25, -0.2) is 0 Å². The summed E-state index contributed by atoms with van der Waals surface area (Å²) in [7, 11) is 0. The van der Waals surface area contributed by atoms with Gasteiger partial charge in [-0.1, -0.05) is 51.5 Å². The van der Waals surface area contributed by atoms with Gasteiger partial charge in [-0.05, 0) is 30.9 Å². The van der Waals surface area contributed by atoms with Crippen molar-refractivity contribution in [3.05, 3.63) is 35.4 Å². The highest BCUT2D eigenvalue weighted by molar-refractivity contribution is 6.01. The summed E-state index contributed by atoms with van der Waals surface area (Å²) in [5.74, 6) is 0.695. The Balaban J connectivity index is 2.22. The molecule has 1 aliphatic heterocycles. The molecule has 104 valence electrons. The van der Waals surface area contributed by atoms with Crippen molar-refractivity contribution < 1.29 is 4.79 Å². The SMILES string of the molecule is CCCc1ccc(C(=O)C2(C(C)C)CCNC2)cc1. The van der Waals surface area contributed by atoms with E-state index in [-0.39, 0.29) is 5.41 Å². The van der Waals surface area contributed by atoms with Gasteiger partial charge in [0.1, 0.15) is 0 Å². The number of hydrogen-bond acceptors (Lipinski definition) is 2. The maximum atomic E-state index is 12.8. The Labute approximate surface area is 116 Å². The minimum Gasteiger partial charge on any atom is -0.316 e. The van der Waals surface area contributed by atoms with E-state index in [1.54, 1.807) is 0 Å². The fourth-order valence-corrected chi connectivity index (χ4v) is 3.06. The lowest BCUT2D eigenvalue weighted by atomic mass is 9.71. The first-order valence-electron chi connectivity index (χ1n) is 7.44. The molecule has 0 bridgehead atoms. The summed E-state index contributed by atoms with van der Waals surface area (Å²) in [5, 5.41) is 3.36. The number of aryl methyl sites for hydroxylation is 1. The lowest BCUT2D eigenvalue weighted by molar-refractivity contribution is 0.0740. The topological polar surface area (TPSA) is 29.1 Å². The van der Waals surface area contributed by atoms with Crippen LogP contribution in [0, 0.1) is 11.3 Å². The lowest BCUT2D eigenvalue weighted by Gasteiger charge is -2.31. The standard InChI is InChI=1S/C17H25NO/c1-4-5-14-6-8-15(9-7-14)16(19)17(13(2)3)10-11-18-12-17/h6-9,13,18H,4-5,10-12H2,1-3H3. The van der Waals surface area contributed by atoms with Crippen LogP contribution < -0.4 is 5.32 Å². The number of Topliss-reactive ketones (excluding diaryl/α,β-unsaturated/α-hetero) is 1. The number of benzene rings is 1. The maximum Gasteiger partial charge on any atom is 0.170 e. The van der Waals surface area contributed by atoms with Gasteiger partial charge in [0.2, 0.25) is 0 Å². The van der Waals surface area contributed by atoms with Crippen LogP contribution in [0.25, 0.3) is 0 Å². The van der Waals surface area contributed by atoms with Gasteiger partial charge < -0.3 is 5.32 Å². The average Bonchev–Trinajstić information content (AvgIpc) is 2.90. The predicted molar refractivity (Wildman–Crippen MR) is 79.5 cm³/mol. The van der Waals surface area contributed by atoms with Gasteiger partial charge in [-0.3, -0.25) is 4.79 Å². The Morgan fingerprint density at radius 1 is 1.32 bits per heavy atom. The third kappa shape index (κ3) is 2.74. The molecule has 1 aromatic carbocycles. The van der Waals surface area contributed by atoms with Crippen molar-refractivity contribution >= 4 is 5.78 Å². The van der Waals surface area contributed by atoms with E-state index in [1.165, 1.54) is 5.56 Å². The van der Waals surface area contributed by atoms with Crippen LogP contribution in [0.1, 0.15) is 49.5 Å². The lowest BCUT2D eigenvalue weighted by Crippen LogP contribution is -2.38. The summed E-state index contributed by atoms with van der Waals surface area (Å²) in [6.07, 6.45) is 3.19. The van der Waals surface area contributed by atoms with Gasteiger partial charge in [0, 0.05) is 17.5 Å². The Morgan fingerprint density at radius 2 is 2.00 bits per heavy atom. The van der Waals surface area contributed by atoms with E-state index in [0.29, 0.717) is 11.7 Å². The highest BCUT2D eigenvalue weighted by Crippen LogP contribution is 2.37. The third-order valence-corrected chi connectivity index (χ3v) is 4.50. The first-order valence-corrected chi connectivity index (χ1v) is 7.44. The number of nitrogens with one attached hydrogen (secondary N) is 1. The minimum atomic E-state index is -0.202. The Bertz CT molecular complexity index is 427. The summed E-state index contributed by atoms with van der Waals surface area (Å²) in [5.41, 5.74) is 1.99. The van der Waals surface area contributed by atoms with E-state index in [0.717, 1.165) is 37.9 Å². The van der Waals surface area contributed by atoms with Crippen molar-refractivity contribution in [2.24, 2.45) is 11.3 Å². The van der Waals surface area contributed by atoms with E-state index in [4.69, 9.17) is 0 Å². The number of carbonyl (C=O) groups excluding carboxylic acids is 1. The van der Waals surface area contributed by atoms with Crippen molar-refractivity contribution in [1.29, 1.82) is 0 Å². The first kappa shape index (κ1) is 14.3. The summed E-state index contributed by atoms with van der Waals surface area (Å²) < 4.78 is 0. The maximum absolute atomic E-state index is 12.8. The number of hydrogen-bond donors (Lipinski definition) is 1. The summed E-state index contributed by atoms with van der Waals surface area (Å²) in [6.45, 7) is 8.28. The molecule has 2 nitrogen and oxygen atoms in total. The molecule has 0 amide bonds.